The molecule has 0 aliphatic heterocycles. The quantitative estimate of drug-likeness (QED) is 0.488. The molecule has 0 aliphatic carbocycles. The predicted octanol–water partition coefficient (Wildman–Crippen LogP) is 3.37. The van der Waals surface area contributed by atoms with E-state index in [1.54, 1.807) is 0 Å². The van der Waals surface area contributed by atoms with Gasteiger partial charge in [-0.1, -0.05) is 20.8 Å². The van der Waals surface area contributed by atoms with Gasteiger partial charge in [0.2, 0.25) is 0 Å². The van der Waals surface area contributed by atoms with Gasteiger partial charge in [-0.25, -0.2) is 0 Å². The Morgan fingerprint density at radius 2 is 2.07 bits per heavy atom. The second-order valence-electron chi connectivity index (χ2n) is 4.33. The van der Waals surface area contributed by atoms with E-state index < -0.39 is 0 Å². The van der Waals surface area contributed by atoms with Gasteiger partial charge in [-0.3, -0.25) is 0 Å². The summed E-state index contributed by atoms with van der Waals surface area (Å²) in [7, 11) is 0. The van der Waals surface area contributed by atoms with Crippen molar-refractivity contribution in [1.29, 1.82) is 0 Å². The van der Waals surface area contributed by atoms with E-state index in [1.165, 1.54) is 17.9 Å². The van der Waals surface area contributed by atoms with Crippen molar-refractivity contribution in [3.63, 3.8) is 0 Å². The Morgan fingerprint density at radius 1 is 1.36 bits per heavy atom. The maximum atomic E-state index is 5.74. The molecule has 0 amide bonds. The molecule has 0 atom stereocenters. The average molecular weight is 238 g/mol. The zero-order valence-corrected chi connectivity index (χ0v) is 11.3. The number of hydrogen-bond donors (Lipinski definition) is 1. The van der Waals surface area contributed by atoms with Crippen molar-refractivity contribution in [3.05, 3.63) is 0 Å². The Labute approximate surface area is 98.4 Å². The molecule has 3 heteroatoms. The Kier molecular flexibility index (Phi) is 9.25. The highest BCUT2D eigenvalue weighted by Crippen LogP contribution is 2.19. The monoisotopic (exact) mass is 237 g/mol. The summed E-state index contributed by atoms with van der Waals surface area (Å²) in [6, 6.07) is 0. The largest absolute Gasteiger partial charge is 0.316 e. The van der Waals surface area contributed by atoms with Crippen molar-refractivity contribution >= 4 is 23.4 Å². The minimum absolute atomic E-state index is 0.347. The lowest BCUT2D eigenvalue weighted by molar-refractivity contribution is 0.331. The third-order valence-corrected chi connectivity index (χ3v) is 3.40. The summed E-state index contributed by atoms with van der Waals surface area (Å²) in [6.07, 6.45) is 2.36. The van der Waals surface area contributed by atoms with Gasteiger partial charge in [-0.15, -0.1) is 11.6 Å². The summed E-state index contributed by atoms with van der Waals surface area (Å²) in [5.74, 6) is 3.28. The van der Waals surface area contributed by atoms with Gasteiger partial charge in [0, 0.05) is 12.4 Å². The topological polar surface area (TPSA) is 12.0 Å². The molecule has 0 aliphatic rings. The molecule has 1 N–H and O–H groups in total. The molecule has 0 rings (SSSR count). The van der Waals surface area contributed by atoms with E-state index in [0.29, 0.717) is 5.41 Å². The molecular weight excluding hydrogens is 214 g/mol. The molecule has 0 bridgehead atoms. The van der Waals surface area contributed by atoms with Crippen molar-refractivity contribution in [3.8, 4) is 0 Å². The number of halogens is 1. The van der Waals surface area contributed by atoms with Crippen LogP contribution in [0.1, 0.15) is 33.6 Å². The SMILES string of the molecule is CCSCCCNCC(C)(C)CCCl. The number of alkyl halides is 1. The molecule has 0 spiro atoms. The minimum Gasteiger partial charge on any atom is -0.316 e. The van der Waals surface area contributed by atoms with E-state index in [9.17, 15) is 0 Å². The second kappa shape index (κ2) is 8.87. The van der Waals surface area contributed by atoms with Crippen LogP contribution in [0.25, 0.3) is 0 Å². The van der Waals surface area contributed by atoms with Crippen LogP contribution in [0, 0.1) is 5.41 Å². The lowest BCUT2D eigenvalue weighted by Crippen LogP contribution is -2.30. The maximum Gasteiger partial charge on any atom is 0.0229 e. The standard InChI is InChI=1S/C11H24ClNS/c1-4-14-9-5-8-13-10-11(2,3)6-7-12/h13H,4-10H2,1-3H3. The first-order valence-corrected chi connectivity index (χ1v) is 7.16. The Balaban J connectivity index is 3.26. The molecule has 0 fully saturated rings. The van der Waals surface area contributed by atoms with Crippen molar-refractivity contribution in [1.82, 2.24) is 5.32 Å². The van der Waals surface area contributed by atoms with E-state index in [4.69, 9.17) is 11.6 Å². The van der Waals surface area contributed by atoms with Gasteiger partial charge < -0.3 is 5.32 Å². The van der Waals surface area contributed by atoms with E-state index >= 15 is 0 Å². The van der Waals surface area contributed by atoms with E-state index in [0.717, 1.165) is 25.4 Å². The summed E-state index contributed by atoms with van der Waals surface area (Å²) < 4.78 is 0. The van der Waals surface area contributed by atoms with Crippen LogP contribution in [0.5, 0.6) is 0 Å². The summed E-state index contributed by atoms with van der Waals surface area (Å²) in [4.78, 5) is 0. The molecule has 0 saturated heterocycles. The number of nitrogens with one attached hydrogen (secondary N) is 1. The van der Waals surface area contributed by atoms with Crippen LogP contribution in [-0.2, 0) is 0 Å². The first-order chi connectivity index (χ1) is 6.62. The van der Waals surface area contributed by atoms with Crippen LogP contribution in [-0.4, -0.2) is 30.5 Å². The number of rotatable bonds is 9. The average Bonchev–Trinajstić information content (AvgIpc) is 2.11. The highest BCUT2D eigenvalue weighted by Gasteiger charge is 2.15. The fourth-order valence-corrected chi connectivity index (χ4v) is 2.36. The van der Waals surface area contributed by atoms with Gasteiger partial charge in [-0.05, 0) is 36.3 Å². The molecule has 86 valence electrons. The first-order valence-electron chi connectivity index (χ1n) is 5.47. The lowest BCUT2D eigenvalue weighted by atomic mass is 9.90. The van der Waals surface area contributed by atoms with Gasteiger partial charge in [0.1, 0.15) is 0 Å². The van der Waals surface area contributed by atoms with Crippen molar-refractivity contribution in [2.24, 2.45) is 5.41 Å². The fourth-order valence-electron chi connectivity index (χ4n) is 1.21. The van der Waals surface area contributed by atoms with Crippen LogP contribution in [0.4, 0.5) is 0 Å². The molecule has 14 heavy (non-hydrogen) atoms. The fraction of sp³-hybridized carbons (Fsp3) is 1.00. The normalized spacial score (nSPS) is 12.0. The molecule has 1 nitrogen and oxygen atoms in total. The summed E-state index contributed by atoms with van der Waals surface area (Å²) >= 11 is 7.75. The van der Waals surface area contributed by atoms with E-state index in [-0.39, 0.29) is 0 Å². The molecule has 0 saturated carbocycles. The minimum atomic E-state index is 0.347. The lowest BCUT2D eigenvalue weighted by Gasteiger charge is -2.23. The van der Waals surface area contributed by atoms with Crippen LogP contribution in [0.2, 0.25) is 0 Å². The Bertz CT molecular complexity index is 128. The van der Waals surface area contributed by atoms with Gasteiger partial charge in [0.25, 0.3) is 0 Å². The Morgan fingerprint density at radius 3 is 2.64 bits per heavy atom. The van der Waals surface area contributed by atoms with Crippen molar-refractivity contribution in [2.45, 2.75) is 33.6 Å². The summed E-state index contributed by atoms with van der Waals surface area (Å²) in [5, 5.41) is 3.50. The zero-order chi connectivity index (χ0) is 10.9. The van der Waals surface area contributed by atoms with Crippen LogP contribution in [0.15, 0.2) is 0 Å². The third-order valence-electron chi connectivity index (χ3n) is 2.22. The molecule has 0 aromatic carbocycles. The smallest absolute Gasteiger partial charge is 0.0229 e. The highest BCUT2D eigenvalue weighted by atomic mass is 35.5. The van der Waals surface area contributed by atoms with Gasteiger partial charge in [0.15, 0.2) is 0 Å². The molecule has 0 unspecified atom stereocenters. The van der Waals surface area contributed by atoms with Crippen LogP contribution < -0.4 is 5.32 Å². The molecule has 0 aromatic heterocycles. The van der Waals surface area contributed by atoms with Crippen molar-refractivity contribution < 1.29 is 0 Å². The van der Waals surface area contributed by atoms with Gasteiger partial charge >= 0.3 is 0 Å². The molecule has 0 heterocycles. The first kappa shape index (κ1) is 14.6. The second-order valence-corrected chi connectivity index (χ2v) is 6.10. The van der Waals surface area contributed by atoms with Crippen LogP contribution in [0.3, 0.4) is 0 Å². The summed E-state index contributed by atoms with van der Waals surface area (Å²) in [5.41, 5.74) is 0.347. The predicted molar refractivity (Wildman–Crippen MR) is 69.6 cm³/mol. The van der Waals surface area contributed by atoms with Gasteiger partial charge in [0.05, 0.1) is 0 Å². The van der Waals surface area contributed by atoms with Gasteiger partial charge in [-0.2, -0.15) is 11.8 Å². The number of hydrogen-bond acceptors (Lipinski definition) is 2. The summed E-state index contributed by atoms with van der Waals surface area (Å²) in [6.45, 7) is 8.96. The zero-order valence-electron chi connectivity index (χ0n) is 9.74. The molecule has 0 aromatic rings. The van der Waals surface area contributed by atoms with E-state index in [1.807, 2.05) is 11.8 Å². The van der Waals surface area contributed by atoms with Crippen LogP contribution >= 0.6 is 23.4 Å². The molecular formula is C11H24ClNS. The highest BCUT2D eigenvalue weighted by molar-refractivity contribution is 7.99. The molecule has 0 radical (unpaired) electrons. The van der Waals surface area contributed by atoms with E-state index in [2.05, 4.69) is 26.1 Å². The Hall–Kier alpha value is 0.600. The third kappa shape index (κ3) is 9.17. The van der Waals surface area contributed by atoms with Crippen molar-refractivity contribution in [2.75, 3.05) is 30.5 Å². The maximum absolute atomic E-state index is 5.74. The number of thioether (sulfide) groups is 1.